The van der Waals surface area contributed by atoms with Crippen LogP contribution in [0.1, 0.15) is 25.0 Å². The van der Waals surface area contributed by atoms with Crippen LogP contribution in [-0.4, -0.2) is 6.04 Å². The molecule has 0 aliphatic rings. The average Bonchev–Trinajstić information content (AvgIpc) is 2.43. The minimum Gasteiger partial charge on any atom is -0.454 e. The smallest absolute Gasteiger partial charge is 0.168 e. The monoisotopic (exact) mass is 273 g/mol. The number of rotatable bonds is 5. The van der Waals surface area contributed by atoms with Crippen LogP contribution in [0, 0.1) is 12.7 Å². The Balaban J connectivity index is 2.05. The number of halogens is 1. The van der Waals surface area contributed by atoms with Crippen molar-refractivity contribution < 1.29 is 9.13 Å². The second kappa shape index (κ2) is 6.53. The molecule has 0 aliphatic heterocycles. The summed E-state index contributed by atoms with van der Waals surface area (Å²) in [5, 5.41) is 3.35. The van der Waals surface area contributed by atoms with Crippen LogP contribution in [0.25, 0.3) is 0 Å². The first-order chi connectivity index (χ1) is 9.56. The van der Waals surface area contributed by atoms with Gasteiger partial charge in [0.2, 0.25) is 0 Å². The van der Waals surface area contributed by atoms with Gasteiger partial charge in [-0.15, -0.1) is 0 Å². The third kappa shape index (κ3) is 3.81. The Bertz CT molecular complexity index is 564. The Morgan fingerprint density at radius 3 is 2.45 bits per heavy atom. The summed E-state index contributed by atoms with van der Waals surface area (Å²) in [6, 6.07) is 13.3. The van der Waals surface area contributed by atoms with Crippen molar-refractivity contribution in [2.75, 3.05) is 0 Å². The Kier molecular flexibility index (Phi) is 4.74. The van der Waals surface area contributed by atoms with Crippen molar-refractivity contribution in [2.24, 2.45) is 0 Å². The Morgan fingerprint density at radius 2 is 1.80 bits per heavy atom. The first kappa shape index (κ1) is 14.5. The first-order valence-corrected chi connectivity index (χ1v) is 6.81. The van der Waals surface area contributed by atoms with Gasteiger partial charge in [0.25, 0.3) is 0 Å². The molecular weight excluding hydrogens is 253 g/mol. The Morgan fingerprint density at radius 1 is 1.10 bits per heavy atom. The van der Waals surface area contributed by atoms with Gasteiger partial charge in [-0.05, 0) is 36.2 Å². The lowest BCUT2D eigenvalue weighted by molar-refractivity contribution is 0.440. The minimum atomic E-state index is -0.307. The molecule has 3 heteroatoms. The van der Waals surface area contributed by atoms with E-state index in [9.17, 15) is 4.39 Å². The molecule has 0 spiro atoms. The lowest BCUT2D eigenvalue weighted by atomic mass is 10.2. The van der Waals surface area contributed by atoms with E-state index in [0.29, 0.717) is 17.4 Å². The van der Waals surface area contributed by atoms with Crippen molar-refractivity contribution in [2.45, 2.75) is 33.4 Å². The van der Waals surface area contributed by atoms with E-state index < -0.39 is 0 Å². The van der Waals surface area contributed by atoms with E-state index in [1.807, 2.05) is 24.3 Å². The third-order valence-electron chi connectivity index (χ3n) is 3.02. The van der Waals surface area contributed by atoms with Gasteiger partial charge in [-0.25, -0.2) is 4.39 Å². The molecular formula is C17H20FNO. The number of aryl methyl sites for hydroxylation is 1. The zero-order chi connectivity index (χ0) is 14.5. The summed E-state index contributed by atoms with van der Waals surface area (Å²) in [5.74, 6) is 0.596. The molecule has 0 saturated carbocycles. The molecule has 0 heterocycles. The molecule has 2 aromatic rings. The summed E-state index contributed by atoms with van der Waals surface area (Å²) in [6.07, 6.45) is 0. The van der Waals surface area contributed by atoms with Crippen LogP contribution < -0.4 is 10.1 Å². The molecule has 0 amide bonds. The minimum absolute atomic E-state index is 0.262. The van der Waals surface area contributed by atoms with Crippen molar-refractivity contribution in [3.63, 3.8) is 0 Å². The standard InChI is InChI=1S/C17H20FNO/c1-12(2)19-11-14-7-9-15(10-8-14)20-16-6-4-5-13(3)17(16)18/h4-10,12,19H,11H2,1-3H3. The van der Waals surface area contributed by atoms with Gasteiger partial charge in [0, 0.05) is 12.6 Å². The van der Waals surface area contributed by atoms with E-state index in [-0.39, 0.29) is 11.6 Å². The molecule has 0 fully saturated rings. The number of hydrogen-bond donors (Lipinski definition) is 1. The van der Waals surface area contributed by atoms with E-state index in [1.165, 1.54) is 5.56 Å². The van der Waals surface area contributed by atoms with Crippen LogP contribution in [0.15, 0.2) is 42.5 Å². The maximum absolute atomic E-state index is 13.8. The SMILES string of the molecule is Cc1cccc(Oc2ccc(CNC(C)C)cc2)c1F. The molecule has 0 bridgehead atoms. The molecule has 2 aromatic carbocycles. The lowest BCUT2D eigenvalue weighted by Gasteiger charge is -2.10. The van der Waals surface area contributed by atoms with Crippen molar-refractivity contribution in [3.8, 4) is 11.5 Å². The summed E-state index contributed by atoms with van der Waals surface area (Å²) in [4.78, 5) is 0. The van der Waals surface area contributed by atoms with Gasteiger partial charge < -0.3 is 10.1 Å². The summed E-state index contributed by atoms with van der Waals surface area (Å²) in [7, 11) is 0. The first-order valence-electron chi connectivity index (χ1n) is 6.81. The van der Waals surface area contributed by atoms with Gasteiger partial charge in [0.05, 0.1) is 0 Å². The van der Waals surface area contributed by atoms with E-state index in [2.05, 4.69) is 19.2 Å². The normalized spacial score (nSPS) is 10.8. The van der Waals surface area contributed by atoms with Crippen molar-refractivity contribution in [1.82, 2.24) is 5.32 Å². The van der Waals surface area contributed by atoms with Crippen LogP contribution in [0.4, 0.5) is 4.39 Å². The molecule has 20 heavy (non-hydrogen) atoms. The number of benzene rings is 2. The van der Waals surface area contributed by atoms with Crippen LogP contribution in [-0.2, 0) is 6.54 Å². The number of ether oxygens (including phenoxy) is 1. The molecule has 0 aromatic heterocycles. The van der Waals surface area contributed by atoms with Crippen LogP contribution in [0.2, 0.25) is 0 Å². The lowest BCUT2D eigenvalue weighted by Crippen LogP contribution is -2.21. The van der Waals surface area contributed by atoms with Gasteiger partial charge in [-0.3, -0.25) is 0 Å². The van der Waals surface area contributed by atoms with E-state index >= 15 is 0 Å². The highest BCUT2D eigenvalue weighted by atomic mass is 19.1. The largest absolute Gasteiger partial charge is 0.454 e. The average molecular weight is 273 g/mol. The van der Waals surface area contributed by atoms with Crippen LogP contribution in [0.3, 0.4) is 0 Å². The van der Waals surface area contributed by atoms with Crippen molar-refractivity contribution >= 4 is 0 Å². The fourth-order valence-electron chi connectivity index (χ4n) is 1.82. The molecule has 0 aliphatic carbocycles. The molecule has 106 valence electrons. The van der Waals surface area contributed by atoms with Gasteiger partial charge >= 0.3 is 0 Å². The summed E-state index contributed by atoms with van der Waals surface area (Å²) >= 11 is 0. The highest BCUT2D eigenvalue weighted by molar-refractivity contribution is 5.36. The Labute approximate surface area is 119 Å². The highest BCUT2D eigenvalue weighted by Crippen LogP contribution is 2.26. The van der Waals surface area contributed by atoms with Gasteiger partial charge in [-0.2, -0.15) is 0 Å². The molecule has 0 radical (unpaired) electrons. The fraction of sp³-hybridized carbons (Fsp3) is 0.294. The summed E-state index contributed by atoms with van der Waals surface area (Å²) in [6.45, 7) is 6.76. The summed E-state index contributed by atoms with van der Waals surface area (Å²) < 4.78 is 19.4. The Hall–Kier alpha value is -1.87. The topological polar surface area (TPSA) is 21.3 Å². The van der Waals surface area contributed by atoms with Gasteiger partial charge in [0.1, 0.15) is 5.75 Å². The molecule has 1 N–H and O–H groups in total. The van der Waals surface area contributed by atoms with E-state index in [1.54, 1.807) is 25.1 Å². The van der Waals surface area contributed by atoms with Crippen molar-refractivity contribution in [3.05, 3.63) is 59.4 Å². The van der Waals surface area contributed by atoms with E-state index in [0.717, 1.165) is 6.54 Å². The summed E-state index contributed by atoms with van der Waals surface area (Å²) in [5.41, 5.74) is 1.76. The molecule has 2 rings (SSSR count). The predicted octanol–water partition coefficient (Wildman–Crippen LogP) is 4.42. The predicted molar refractivity (Wildman–Crippen MR) is 79.6 cm³/mol. The maximum atomic E-state index is 13.8. The van der Waals surface area contributed by atoms with Crippen LogP contribution >= 0.6 is 0 Å². The fourth-order valence-corrected chi connectivity index (χ4v) is 1.82. The van der Waals surface area contributed by atoms with Crippen molar-refractivity contribution in [1.29, 1.82) is 0 Å². The zero-order valence-corrected chi connectivity index (χ0v) is 12.1. The van der Waals surface area contributed by atoms with Gasteiger partial charge in [-0.1, -0.05) is 38.1 Å². The molecule has 0 atom stereocenters. The number of hydrogen-bond acceptors (Lipinski definition) is 2. The third-order valence-corrected chi connectivity index (χ3v) is 3.02. The highest BCUT2D eigenvalue weighted by Gasteiger charge is 2.06. The maximum Gasteiger partial charge on any atom is 0.168 e. The molecule has 0 unspecified atom stereocenters. The molecule has 2 nitrogen and oxygen atoms in total. The van der Waals surface area contributed by atoms with Gasteiger partial charge in [0.15, 0.2) is 11.6 Å². The second-order valence-corrected chi connectivity index (χ2v) is 5.17. The zero-order valence-electron chi connectivity index (χ0n) is 12.1. The number of nitrogens with one attached hydrogen (secondary N) is 1. The quantitative estimate of drug-likeness (QED) is 0.870. The molecule has 0 saturated heterocycles. The van der Waals surface area contributed by atoms with Crippen LogP contribution in [0.5, 0.6) is 11.5 Å². The van der Waals surface area contributed by atoms with E-state index in [4.69, 9.17) is 4.74 Å². The second-order valence-electron chi connectivity index (χ2n) is 5.17.